The molecule has 0 saturated heterocycles. The molecule has 0 bridgehead atoms. The van der Waals surface area contributed by atoms with Gasteiger partial charge in [-0.15, -0.1) is 0 Å². The number of nitrogens with zero attached hydrogens (tertiary/aromatic N) is 1. The van der Waals surface area contributed by atoms with Crippen LogP contribution in [-0.2, 0) is 9.59 Å². The molecule has 5 heteroatoms. The summed E-state index contributed by atoms with van der Waals surface area (Å²) in [7, 11) is 0. The van der Waals surface area contributed by atoms with E-state index >= 15 is 0 Å². The fourth-order valence-corrected chi connectivity index (χ4v) is 3.51. The molecule has 1 amide bonds. The Morgan fingerprint density at radius 3 is 2.44 bits per heavy atom. The number of aliphatic hydroxyl groups is 1. The van der Waals surface area contributed by atoms with Gasteiger partial charge in [-0.1, -0.05) is 56.8 Å². The molecule has 0 unspecified atom stereocenters. The predicted molar refractivity (Wildman–Crippen MR) is 99.5 cm³/mol. The molecule has 2 atom stereocenters. The van der Waals surface area contributed by atoms with Crippen molar-refractivity contribution in [1.29, 1.82) is 0 Å². The maximum absolute atomic E-state index is 12.6. The molecule has 1 aliphatic heterocycles. The van der Waals surface area contributed by atoms with Gasteiger partial charge in [0.25, 0.3) is 5.91 Å². The Morgan fingerprint density at radius 1 is 1.28 bits per heavy atom. The van der Waals surface area contributed by atoms with Gasteiger partial charge >= 0.3 is 0 Å². The van der Waals surface area contributed by atoms with Crippen molar-refractivity contribution in [1.82, 2.24) is 4.90 Å². The highest BCUT2D eigenvalue weighted by molar-refractivity contribution is 6.30. The molecule has 0 radical (unpaired) electrons. The second-order valence-corrected chi connectivity index (χ2v) is 7.08. The van der Waals surface area contributed by atoms with Crippen molar-refractivity contribution in [2.45, 2.75) is 52.5 Å². The van der Waals surface area contributed by atoms with Gasteiger partial charge < -0.3 is 10.0 Å². The Labute approximate surface area is 154 Å². The van der Waals surface area contributed by atoms with Gasteiger partial charge in [-0.25, -0.2) is 0 Å². The molecule has 0 aromatic heterocycles. The molecule has 0 aliphatic carbocycles. The van der Waals surface area contributed by atoms with E-state index in [0.29, 0.717) is 17.5 Å². The maximum atomic E-state index is 12.6. The summed E-state index contributed by atoms with van der Waals surface area (Å²) in [6.07, 6.45) is 4.19. The first-order chi connectivity index (χ1) is 11.9. The van der Waals surface area contributed by atoms with Crippen molar-refractivity contribution < 1.29 is 14.7 Å². The molecule has 2 rings (SSSR count). The summed E-state index contributed by atoms with van der Waals surface area (Å²) in [5.41, 5.74) is 0.968. The van der Waals surface area contributed by atoms with Gasteiger partial charge in [0.15, 0.2) is 11.5 Å². The molecule has 1 heterocycles. The molecule has 1 N–H and O–H groups in total. The van der Waals surface area contributed by atoms with Crippen molar-refractivity contribution >= 4 is 23.3 Å². The highest BCUT2D eigenvalue weighted by Gasteiger charge is 2.42. The third-order valence-corrected chi connectivity index (χ3v) is 5.12. The minimum Gasteiger partial charge on any atom is -0.503 e. The van der Waals surface area contributed by atoms with Gasteiger partial charge in [0.2, 0.25) is 0 Å². The van der Waals surface area contributed by atoms with E-state index in [2.05, 4.69) is 13.8 Å². The van der Waals surface area contributed by atoms with Gasteiger partial charge in [-0.3, -0.25) is 9.59 Å². The Bertz CT molecular complexity index is 666. The molecule has 1 aliphatic rings. The van der Waals surface area contributed by atoms with Gasteiger partial charge in [0, 0.05) is 11.6 Å². The number of hydrogen-bond donors (Lipinski definition) is 1. The van der Waals surface area contributed by atoms with Gasteiger partial charge in [0.05, 0.1) is 11.6 Å². The van der Waals surface area contributed by atoms with Crippen LogP contribution in [0.15, 0.2) is 35.6 Å². The summed E-state index contributed by atoms with van der Waals surface area (Å²) in [4.78, 5) is 26.4. The SMILES string of the molecule is CCCC[C@H](CC)CN1C(=O)C(O)=C(C(C)=O)[C@@H]1c1ccc(Cl)cc1. The molecule has 25 heavy (non-hydrogen) atoms. The number of rotatable bonds is 8. The van der Waals surface area contributed by atoms with Crippen LogP contribution < -0.4 is 0 Å². The predicted octanol–water partition coefficient (Wildman–Crippen LogP) is 4.84. The molecular formula is C20H26ClNO3. The van der Waals surface area contributed by atoms with E-state index in [9.17, 15) is 14.7 Å². The molecule has 136 valence electrons. The number of carbonyl (C=O) groups is 2. The summed E-state index contributed by atoms with van der Waals surface area (Å²) in [5.74, 6) is -0.814. The van der Waals surface area contributed by atoms with E-state index in [1.165, 1.54) is 6.92 Å². The number of unbranched alkanes of at least 4 members (excludes halogenated alkanes) is 1. The Balaban J connectivity index is 2.37. The summed E-state index contributed by atoms with van der Waals surface area (Å²) < 4.78 is 0. The molecular weight excluding hydrogens is 338 g/mol. The van der Waals surface area contributed by atoms with Gasteiger partial charge in [-0.2, -0.15) is 0 Å². The van der Waals surface area contributed by atoms with E-state index < -0.39 is 17.7 Å². The van der Waals surface area contributed by atoms with E-state index in [1.807, 2.05) is 12.1 Å². The van der Waals surface area contributed by atoms with Crippen LogP contribution in [0.4, 0.5) is 0 Å². The smallest absolute Gasteiger partial charge is 0.290 e. The number of carbonyl (C=O) groups excluding carboxylic acids is 2. The lowest BCUT2D eigenvalue weighted by Gasteiger charge is -2.30. The zero-order chi connectivity index (χ0) is 18.6. The van der Waals surface area contributed by atoms with Gasteiger partial charge in [-0.05, 0) is 37.0 Å². The van der Waals surface area contributed by atoms with Crippen molar-refractivity contribution in [2.24, 2.45) is 5.92 Å². The van der Waals surface area contributed by atoms with Crippen LogP contribution in [0.1, 0.15) is 58.1 Å². The summed E-state index contributed by atoms with van der Waals surface area (Å²) in [6, 6.07) is 6.55. The molecule has 1 aromatic rings. The second-order valence-electron chi connectivity index (χ2n) is 6.65. The maximum Gasteiger partial charge on any atom is 0.290 e. The van der Waals surface area contributed by atoms with Crippen LogP contribution in [0.2, 0.25) is 5.02 Å². The van der Waals surface area contributed by atoms with Crippen LogP contribution >= 0.6 is 11.6 Å². The molecule has 0 saturated carbocycles. The second kappa shape index (κ2) is 8.52. The minimum atomic E-state index is -0.544. The monoisotopic (exact) mass is 363 g/mol. The fraction of sp³-hybridized carbons (Fsp3) is 0.500. The first kappa shape index (κ1) is 19.5. The lowest BCUT2D eigenvalue weighted by atomic mass is 9.94. The number of Topliss-reactive ketones (excluding diaryl/α,β-unsaturated/α-hetero) is 1. The van der Waals surface area contributed by atoms with Crippen LogP contribution in [0.3, 0.4) is 0 Å². The van der Waals surface area contributed by atoms with E-state index in [0.717, 1.165) is 31.2 Å². The van der Waals surface area contributed by atoms with Crippen molar-refractivity contribution in [3.63, 3.8) is 0 Å². The summed E-state index contributed by atoms with van der Waals surface area (Å²) >= 11 is 5.97. The standard InChI is InChI=1S/C20H26ClNO3/c1-4-6-7-14(5-2)12-22-18(15-8-10-16(21)11-9-15)17(13(3)23)19(24)20(22)25/h8-11,14,18,24H,4-7,12H2,1-3H3/t14-,18-/m0/s1. The summed E-state index contributed by atoms with van der Waals surface area (Å²) in [6.45, 7) is 6.17. The highest BCUT2D eigenvalue weighted by Crippen LogP contribution is 2.39. The number of ketones is 1. The Kier molecular flexibility index (Phi) is 6.65. The average Bonchev–Trinajstić information content (AvgIpc) is 2.84. The Hall–Kier alpha value is -1.81. The minimum absolute atomic E-state index is 0.178. The van der Waals surface area contributed by atoms with Crippen LogP contribution in [-0.4, -0.2) is 28.2 Å². The largest absolute Gasteiger partial charge is 0.503 e. The molecule has 0 spiro atoms. The van der Waals surface area contributed by atoms with E-state index in [-0.39, 0.29) is 11.4 Å². The molecule has 0 fully saturated rings. The van der Waals surface area contributed by atoms with Crippen molar-refractivity contribution in [3.05, 3.63) is 46.2 Å². The number of hydrogen-bond acceptors (Lipinski definition) is 3. The first-order valence-electron chi connectivity index (χ1n) is 8.91. The first-order valence-corrected chi connectivity index (χ1v) is 9.28. The zero-order valence-corrected chi connectivity index (χ0v) is 15.8. The van der Waals surface area contributed by atoms with Crippen LogP contribution in [0, 0.1) is 5.92 Å². The number of amides is 1. The van der Waals surface area contributed by atoms with Crippen LogP contribution in [0.25, 0.3) is 0 Å². The third kappa shape index (κ3) is 4.24. The van der Waals surface area contributed by atoms with E-state index in [4.69, 9.17) is 11.6 Å². The molecule has 4 nitrogen and oxygen atoms in total. The van der Waals surface area contributed by atoms with E-state index in [1.54, 1.807) is 17.0 Å². The normalized spacial score (nSPS) is 18.8. The third-order valence-electron chi connectivity index (χ3n) is 4.87. The Morgan fingerprint density at radius 2 is 1.92 bits per heavy atom. The topological polar surface area (TPSA) is 57.6 Å². The van der Waals surface area contributed by atoms with Crippen LogP contribution in [0.5, 0.6) is 0 Å². The van der Waals surface area contributed by atoms with Gasteiger partial charge in [0.1, 0.15) is 0 Å². The van der Waals surface area contributed by atoms with Crippen molar-refractivity contribution in [2.75, 3.05) is 6.54 Å². The lowest BCUT2D eigenvalue weighted by Crippen LogP contribution is -2.35. The number of benzene rings is 1. The fourth-order valence-electron chi connectivity index (χ4n) is 3.39. The zero-order valence-electron chi connectivity index (χ0n) is 15.1. The quantitative estimate of drug-likeness (QED) is 0.718. The average molecular weight is 364 g/mol. The molecule has 1 aromatic carbocycles. The number of aliphatic hydroxyl groups excluding tert-OH is 1. The highest BCUT2D eigenvalue weighted by atomic mass is 35.5. The summed E-state index contributed by atoms with van der Waals surface area (Å²) in [5, 5.41) is 10.9. The lowest BCUT2D eigenvalue weighted by molar-refractivity contribution is -0.130. The van der Waals surface area contributed by atoms with Crippen molar-refractivity contribution in [3.8, 4) is 0 Å². The number of halogens is 1.